The largest absolute Gasteiger partial charge is 0.504 e. The molecule has 1 aliphatic heterocycles. The van der Waals surface area contributed by atoms with Crippen molar-refractivity contribution in [2.75, 3.05) is 6.61 Å². The van der Waals surface area contributed by atoms with Crippen LogP contribution in [0.25, 0.3) is 0 Å². The lowest BCUT2D eigenvalue weighted by Gasteiger charge is -2.28. The van der Waals surface area contributed by atoms with Gasteiger partial charge in [0.25, 0.3) is 0 Å². The molecule has 5 nitrogen and oxygen atoms in total. The summed E-state index contributed by atoms with van der Waals surface area (Å²) in [7, 11) is 0. The van der Waals surface area contributed by atoms with Crippen LogP contribution in [0.5, 0.6) is 11.5 Å². The van der Waals surface area contributed by atoms with Crippen LogP contribution in [0.1, 0.15) is 38.8 Å². The smallest absolute Gasteiger partial charge is 0.408 e. The van der Waals surface area contributed by atoms with Gasteiger partial charge in [0, 0.05) is 12.0 Å². The zero-order valence-corrected chi connectivity index (χ0v) is 11.4. The number of hydrogen-bond acceptors (Lipinski definition) is 4. The molecule has 0 radical (unpaired) electrons. The van der Waals surface area contributed by atoms with Crippen molar-refractivity contribution in [3.63, 3.8) is 0 Å². The average Bonchev–Trinajstić information content (AvgIpc) is 2.28. The summed E-state index contributed by atoms with van der Waals surface area (Å²) < 4.78 is 10.7. The molecule has 1 aromatic carbocycles. The molecule has 0 spiro atoms. The van der Waals surface area contributed by atoms with E-state index in [0.717, 1.165) is 5.56 Å². The van der Waals surface area contributed by atoms with E-state index in [9.17, 15) is 9.90 Å². The van der Waals surface area contributed by atoms with E-state index in [1.54, 1.807) is 12.1 Å². The Bertz CT molecular complexity index is 479. The molecule has 1 aliphatic rings. The zero-order chi connectivity index (χ0) is 14.0. The summed E-state index contributed by atoms with van der Waals surface area (Å²) >= 11 is 0. The van der Waals surface area contributed by atoms with Crippen LogP contribution in [0.3, 0.4) is 0 Å². The number of aromatic hydroxyl groups is 1. The first-order chi connectivity index (χ1) is 8.87. The van der Waals surface area contributed by atoms with E-state index in [1.165, 1.54) is 0 Å². The van der Waals surface area contributed by atoms with Crippen LogP contribution < -0.4 is 10.1 Å². The number of carbonyl (C=O) groups is 1. The van der Waals surface area contributed by atoms with Crippen molar-refractivity contribution < 1.29 is 19.4 Å². The Morgan fingerprint density at radius 2 is 2.21 bits per heavy atom. The maximum Gasteiger partial charge on any atom is 0.408 e. The molecule has 1 amide bonds. The number of rotatable bonds is 1. The fraction of sp³-hybridized carbons (Fsp3) is 0.500. The number of hydrogen-bond donors (Lipinski definition) is 2. The highest BCUT2D eigenvalue weighted by Crippen LogP contribution is 2.38. The predicted molar refractivity (Wildman–Crippen MR) is 70.3 cm³/mol. The first-order valence-corrected chi connectivity index (χ1v) is 6.31. The lowest BCUT2D eigenvalue weighted by atomic mass is 10.0. The molecule has 1 heterocycles. The predicted octanol–water partition coefficient (Wildman–Crippen LogP) is 2.74. The molecule has 19 heavy (non-hydrogen) atoms. The van der Waals surface area contributed by atoms with Crippen molar-refractivity contribution in [3.8, 4) is 11.5 Å². The molecule has 1 aromatic rings. The van der Waals surface area contributed by atoms with E-state index >= 15 is 0 Å². The summed E-state index contributed by atoms with van der Waals surface area (Å²) in [5, 5.41) is 12.5. The Morgan fingerprint density at radius 1 is 1.47 bits per heavy atom. The van der Waals surface area contributed by atoms with Gasteiger partial charge in [-0.3, -0.25) is 0 Å². The van der Waals surface area contributed by atoms with Gasteiger partial charge in [-0.05, 0) is 26.8 Å². The Morgan fingerprint density at radius 3 is 2.89 bits per heavy atom. The van der Waals surface area contributed by atoms with Crippen molar-refractivity contribution in [1.82, 2.24) is 5.32 Å². The van der Waals surface area contributed by atoms with Gasteiger partial charge < -0.3 is 19.9 Å². The molecule has 5 heteroatoms. The van der Waals surface area contributed by atoms with E-state index in [0.29, 0.717) is 18.8 Å². The Kier molecular flexibility index (Phi) is 3.55. The lowest BCUT2D eigenvalue weighted by Crippen LogP contribution is -2.36. The highest BCUT2D eigenvalue weighted by atomic mass is 16.6. The molecule has 2 N–H and O–H groups in total. The summed E-state index contributed by atoms with van der Waals surface area (Å²) in [5.74, 6) is 0.531. The minimum atomic E-state index is -0.531. The second-order valence-corrected chi connectivity index (χ2v) is 5.53. The van der Waals surface area contributed by atoms with Gasteiger partial charge in [-0.1, -0.05) is 12.1 Å². The Hall–Kier alpha value is -1.91. The second-order valence-electron chi connectivity index (χ2n) is 5.53. The standard InChI is InChI=1S/C14H19NO4/c1-14(2,3)19-13(17)15-10-7-8-18-12-9(10)5-4-6-11(12)16/h4-6,10,16H,7-8H2,1-3H3,(H,15,17). The summed E-state index contributed by atoms with van der Waals surface area (Å²) in [6.45, 7) is 5.90. The molecule has 1 unspecified atom stereocenters. The number of phenolic OH excluding ortho intramolecular Hbond substituents is 1. The van der Waals surface area contributed by atoms with Crippen molar-refractivity contribution in [1.29, 1.82) is 0 Å². The minimum Gasteiger partial charge on any atom is -0.504 e. The summed E-state index contributed by atoms with van der Waals surface area (Å²) in [6.07, 6.45) is 0.184. The van der Waals surface area contributed by atoms with Crippen LogP contribution in [0.4, 0.5) is 4.79 Å². The number of phenols is 1. The molecule has 0 saturated heterocycles. The molecule has 104 valence electrons. The SMILES string of the molecule is CC(C)(C)OC(=O)NC1CCOc2c(O)cccc21. The van der Waals surface area contributed by atoms with E-state index in [2.05, 4.69) is 5.32 Å². The van der Waals surface area contributed by atoms with Crippen molar-refractivity contribution in [3.05, 3.63) is 23.8 Å². The van der Waals surface area contributed by atoms with E-state index < -0.39 is 11.7 Å². The fourth-order valence-electron chi connectivity index (χ4n) is 2.01. The monoisotopic (exact) mass is 265 g/mol. The molecule has 0 saturated carbocycles. The maximum atomic E-state index is 11.8. The van der Waals surface area contributed by atoms with E-state index in [-0.39, 0.29) is 11.8 Å². The third kappa shape index (κ3) is 3.30. The average molecular weight is 265 g/mol. The highest BCUT2D eigenvalue weighted by Gasteiger charge is 2.26. The van der Waals surface area contributed by atoms with Gasteiger partial charge in [-0.2, -0.15) is 0 Å². The fourth-order valence-corrected chi connectivity index (χ4v) is 2.01. The third-order valence-electron chi connectivity index (χ3n) is 2.74. The van der Waals surface area contributed by atoms with Crippen LogP contribution in [-0.2, 0) is 4.74 Å². The topological polar surface area (TPSA) is 67.8 Å². The molecule has 0 aromatic heterocycles. The first kappa shape index (κ1) is 13.5. The number of benzene rings is 1. The summed E-state index contributed by atoms with van der Waals surface area (Å²) in [6, 6.07) is 4.92. The summed E-state index contributed by atoms with van der Waals surface area (Å²) in [5.41, 5.74) is 0.244. The molecular weight excluding hydrogens is 246 g/mol. The molecule has 0 aliphatic carbocycles. The molecular formula is C14H19NO4. The van der Waals surface area contributed by atoms with Crippen LogP contribution in [0, 0.1) is 0 Å². The zero-order valence-electron chi connectivity index (χ0n) is 11.4. The van der Waals surface area contributed by atoms with E-state index in [1.807, 2.05) is 26.8 Å². The van der Waals surface area contributed by atoms with Gasteiger partial charge in [-0.25, -0.2) is 4.79 Å². The highest BCUT2D eigenvalue weighted by molar-refractivity contribution is 5.69. The first-order valence-electron chi connectivity index (χ1n) is 6.31. The maximum absolute atomic E-state index is 11.8. The van der Waals surface area contributed by atoms with Gasteiger partial charge in [0.15, 0.2) is 11.5 Å². The Labute approximate surface area is 112 Å². The number of carbonyl (C=O) groups excluding carboxylic acids is 1. The van der Waals surface area contributed by atoms with Crippen LogP contribution in [0.2, 0.25) is 0 Å². The number of nitrogens with one attached hydrogen (secondary N) is 1. The van der Waals surface area contributed by atoms with E-state index in [4.69, 9.17) is 9.47 Å². The lowest BCUT2D eigenvalue weighted by molar-refractivity contribution is 0.0490. The summed E-state index contributed by atoms with van der Waals surface area (Å²) in [4.78, 5) is 11.8. The molecule has 0 fully saturated rings. The van der Waals surface area contributed by atoms with Gasteiger partial charge in [-0.15, -0.1) is 0 Å². The normalized spacial score (nSPS) is 18.2. The number of para-hydroxylation sites is 1. The van der Waals surface area contributed by atoms with Crippen molar-refractivity contribution in [2.45, 2.75) is 38.8 Å². The minimum absolute atomic E-state index is 0.0909. The number of alkyl carbamates (subject to hydrolysis) is 1. The molecule has 1 atom stereocenters. The number of ether oxygens (including phenoxy) is 2. The quantitative estimate of drug-likeness (QED) is 0.819. The van der Waals surface area contributed by atoms with Crippen LogP contribution in [-0.4, -0.2) is 23.4 Å². The van der Waals surface area contributed by atoms with Crippen molar-refractivity contribution >= 4 is 6.09 Å². The number of amides is 1. The molecule has 0 bridgehead atoms. The van der Waals surface area contributed by atoms with Crippen LogP contribution in [0.15, 0.2) is 18.2 Å². The number of fused-ring (bicyclic) bond motifs is 1. The van der Waals surface area contributed by atoms with Gasteiger partial charge >= 0.3 is 6.09 Å². The third-order valence-corrected chi connectivity index (χ3v) is 2.74. The van der Waals surface area contributed by atoms with Gasteiger partial charge in [0.1, 0.15) is 5.60 Å². The second kappa shape index (κ2) is 4.99. The van der Waals surface area contributed by atoms with Crippen LogP contribution >= 0.6 is 0 Å². The van der Waals surface area contributed by atoms with Gasteiger partial charge in [0.05, 0.1) is 12.6 Å². The van der Waals surface area contributed by atoms with Gasteiger partial charge in [0.2, 0.25) is 0 Å². The van der Waals surface area contributed by atoms with Crippen molar-refractivity contribution in [2.24, 2.45) is 0 Å². The molecule has 2 rings (SSSR count). The Balaban J connectivity index is 2.12.